The summed E-state index contributed by atoms with van der Waals surface area (Å²) in [4.78, 5) is 0.720. The quantitative estimate of drug-likeness (QED) is 0.778. The van der Waals surface area contributed by atoms with Crippen molar-refractivity contribution in [1.82, 2.24) is 0 Å². The fourth-order valence-electron chi connectivity index (χ4n) is 1.12. The van der Waals surface area contributed by atoms with Crippen LogP contribution in [0.25, 0.3) is 0 Å². The number of nitrogens with one attached hydrogen (secondary N) is 1. The zero-order valence-corrected chi connectivity index (χ0v) is 9.27. The average molecular weight is 211 g/mol. The maximum absolute atomic E-state index is 5.15. The van der Waals surface area contributed by atoms with E-state index >= 15 is 0 Å². The second-order valence-corrected chi connectivity index (χ2v) is 3.36. The Balaban J connectivity index is 2.95. The Morgan fingerprint density at radius 3 is 2.36 bits per heavy atom. The van der Waals surface area contributed by atoms with Crippen molar-refractivity contribution in [2.45, 2.75) is 6.92 Å². The third-order valence-corrected chi connectivity index (χ3v) is 1.81. The van der Waals surface area contributed by atoms with Crippen LogP contribution < -0.4 is 14.8 Å². The fourth-order valence-corrected chi connectivity index (χ4v) is 1.24. The van der Waals surface area contributed by atoms with Crippen LogP contribution >= 0.6 is 12.2 Å². The summed E-state index contributed by atoms with van der Waals surface area (Å²) in [6.45, 7) is 1.83. The lowest BCUT2D eigenvalue weighted by molar-refractivity contribution is 0.355. The molecule has 0 unspecified atom stereocenters. The normalized spacial score (nSPS) is 9.36. The molecule has 0 saturated carbocycles. The number of hydrogen-bond donors (Lipinski definition) is 1. The predicted octanol–water partition coefficient (Wildman–Crippen LogP) is 2.46. The molecule has 0 amide bonds. The number of ether oxygens (including phenoxy) is 2. The number of rotatable bonds is 3. The van der Waals surface area contributed by atoms with Crippen molar-refractivity contribution in [3.63, 3.8) is 0 Å². The molecule has 1 aromatic carbocycles. The highest BCUT2D eigenvalue weighted by molar-refractivity contribution is 7.80. The smallest absolute Gasteiger partial charge is 0.162 e. The molecule has 1 aromatic rings. The first kappa shape index (κ1) is 10.8. The molecule has 0 radical (unpaired) electrons. The zero-order chi connectivity index (χ0) is 10.6. The van der Waals surface area contributed by atoms with Gasteiger partial charge in [-0.1, -0.05) is 12.2 Å². The van der Waals surface area contributed by atoms with Gasteiger partial charge in [-0.25, -0.2) is 0 Å². The fraction of sp³-hybridized carbons (Fsp3) is 0.300. The summed E-state index contributed by atoms with van der Waals surface area (Å²) >= 11 is 4.94. The van der Waals surface area contributed by atoms with Gasteiger partial charge in [0.2, 0.25) is 0 Å². The molecule has 0 bridgehead atoms. The van der Waals surface area contributed by atoms with Gasteiger partial charge in [0.05, 0.1) is 19.2 Å². The highest BCUT2D eigenvalue weighted by Gasteiger charge is 2.03. The van der Waals surface area contributed by atoms with Gasteiger partial charge in [0.15, 0.2) is 11.5 Å². The van der Waals surface area contributed by atoms with E-state index in [1.165, 1.54) is 0 Å². The topological polar surface area (TPSA) is 30.5 Å². The van der Waals surface area contributed by atoms with Gasteiger partial charge in [-0.2, -0.15) is 0 Å². The van der Waals surface area contributed by atoms with E-state index in [-0.39, 0.29) is 0 Å². The highest BCUT2D eigenvalue weighted by Crippen LogP contribution is 2.29. The van der Waals surface area contributed by atoms with E-state index in [0.29, 0.717) is 11.5 Å². The standard InChI is InChI=1S/C10H13NO2S/c1-7(14)11-8-4-5-9(12-2)10(6-8)13-3/h4-6H,1-3H3,(H,11,14). The Morgan fingerprint density at radius 2 is 1.86 bits per heavy atom. The average Bonchev–Trinajstić information content (AvgIpc) is 2.16. The number of thiocarbonyl (C=S) groups is 1. The molecule has 0 fully saturated rings. The van der Waals surface area contributed by atoms with E-state index in [4.69, 9.17) is 21.7 Å². The highest BCUT2D eigenvalue weighted by atomic mass is 32.1. The SMILES string of the molecule is COc1ccc(NC(C)=S)cc1OC. The van der Waals surface area contributed by atoms with E-state index in [1.807, 2.05) is 25.1 Å². The van der Waals surface area contributed by atoms with Crippen LogP contribution in [0.5, 0.6) is 11.5 Å². The molecule has 4 heteroatoms. The van der Waals surface area contributed by atoms with Gasteiger partial charge in [-0.3, -0.25) is 0 Å². The lowest BCUT2D eigenvalue weighted by atomic mass is 10.2. The Labute approximate surface area is 89.0 Å². The van der Waals surface area contributed by atoms with E-state index in [0.717, 1.165) is 10.7 Å². The van der Waals surface area contributed by atoms with Crippen LogP contribution in [0.1, 0.15) is 6.92 Å². The van der Waals surface area contributed by atoms with Crippen LogP contribution in [0.3, 0.4) is 0 Å². The molecule has 0 heterocycles. The van der Waals surface area contributed by atoms with Crippen molar-refractivity contribution >= 4 is 22.9 Å². The van der Waals surface area contributed by atoms with Gasteiger partial charge >= 0.3 is 0 Å². The Morgan fingerprint density at radius 1 is 1.21 bits per heavy atom. The molecule has 0 spiro atoms. The molecule has 0 atom stereocenters. The van der Waals surface area contributed by atoms with Gasteiger partial charge in [-0.15, -0.1) is 0 Å². The molecule has 1 N–H and O–H groups in total. The Bertz CT molecular complexity index is 339. The Hall–Kier alpha value is -1.29. The van der Waals surface area contributed by atoms with Gasteiger partial charge in [-0.05, 0) is 19.1 Å². The minimum Gasteiger partial charge on any atom is -0.493 e. The van der Waals surface area contributed by atoms with E-state index < -0.39 is 0 Å². The summed E-state index contributed by atoms with van der Waals surface area (Å²) in [5, 5.41) is 3.03. The van der Waals surface area contributed by atoms with Crippen LogP contribution in [-0.4, -0.2) is 19.2 Å². The molecule has 0 aromatic heterocycles. The van der Waals surface area contributed by atoms with E-state index in [1.54, 1.807) is 14.2 Å². The van der Waals surface area contributed by atoms with Crippen molar-refractivity contribution in [1.29, 1.82) is 0 Å². The van der Waals surface area contributed by atoms with Crippen LogP contribution in [0, 0.1) is 0 Å². The maximum atomic E-state index is 5.15. The van der Waals surface area contributed by atoms with Crippen LogP contribution in [0.4, 0.5) is 5.69 Å². The molecule has 1 rings (SSSR count). The van der Waals surface area contributed by atoms with Crippen LogP contribution in [-0.2, 0) is 0 Å². The van der Waals surface area contributed by atoms with Crippen LogP contribution in [0.2, 0.25) is 0 Å². The molecular weight excluding hydrogens is 198 g/mol. The lowest BCUT2D eigenvalue weighted by Gasteiger charge is -2.10. The summed E-state index contributed by atoms with van der Waals surface area (Å²) in [5.41, 5.74) is 0.898. The minimum absolute atomic E-state index is 0.689. The molecule has 0 aliphatic rings. The van der Waals surface area contributed by atoms with Crippen molar-refractivity contribution in [2.24, 2.45) is 0 Å². The maximum Gasteiger partial charge on any atom is 0.162 e. The summed E-state index contributed by atoms with van der Waals surface area (Å²) < 4.78 is 10.3. The summed E-state index contributed by atoms with van der Waals surface area (Å²) in [6.07, 6.45) is 0. The predicted molar refractivity (Wildman–Crippen MR) is 61.4 cm³/mol. The molecule has 0 aliphatic carbocycles. The monoisotopic (exact) mass is 211 g/mol. The first-order valence-corrected chi connectivity index (χ1v) is 4.58. The molecule has 76 valence electrons. The number of benzene rings is 1. The first-order chi connectivity index (χ1) is 6.67. The van der Waals surface area contributed by atoms with Gasteiger partial charge in [0, 0.05) is 11.8 Å². The number of anilines is 1. The van der Waals surface area contributed by atoms with Crippen LogP contribution in [0.15, 0.2) is 18.2 Å². The second-order valence-electron chi connectivity index (χ2n) is 2.75. The third kappa shape index (κ3) is 2.60. The summed E-state index contributed by atoms with van der Waals surface area (Å²) in [5.74, 6) is 1.40. The lowest BCUT2D eigenvalue weighted by Crippen LogP contribution is -2.03. The third-order valence-electron chi connectivity index (χ3n) is 1.70. The molecular formula is C10H13NO2S. The summed E-state index contributed by atoms with van der Waals surface area (Å²) in [6, 6.07) is 5.56. The molecule has 14 heavy (non-hydrogen) atoms. The van der Waals surface area contributed by atoms with Crippen molar-refractivity contribution < 1.29 is 9.47 Å². The summed E-state index contributed by atoms with van der Waals surface area (Å²) in [7, 11) is 3.21. The molecule has 0 saturated heterocycles. The van der Waals surface area contributed by atoms with Crippen molar-refractivity contribution in [2.75, 3.05) is 19.5 Å². The zero-order valence-electron chi connectivity index (χ0n) is 8.46. The first-order valence-electron chi connectivity index (χ1n) is 4.17. The van der Waals surface area contributed by atoms with Crippen molar-refractivity contribution in [3.8, 4) is 11.5 Å². The Kier molecular flexibility index (Phi) is 3.71. The van der Waals surface area contributed by atoms with Gasteiger partial charge in [0.1, 0.15) is 0 Å². The van der Waals surface area contributed by atoms with E-state index in [9.17, 15) is 0 Å². The van der Waals surface area contributed by atoms with Gasteiger partial charge < -0.3 is 14.8 Å². The van der Waals surface area contributed by atoms with Crippen molar-refractivity contribution in [3.05, 3.63) is 18.2 Å². The van der Waals surface area contributed by atoms with Gasteiger partial charge in [0.25, 0.3) is 0 Å². The molecule has 0 aliphatic heterocycles. The second kappa shape index (κ2) is 4.81. The number of methoxy groups -OCH3 is 2. The molecule has 3 nitrogen and oxygen atoms in total. The minimum atomic E-state index is 0.689. The largest absolute Gasteiger partial charge is 0.493 e. The number of hydrogen-bond acceptors (Lipinski definition) is 3. The van der Waals surface area contributed by atoms with E-state index in [2.05, 4.69) is 5.32 Å².